The van der Waals surface area contributed by atoms with Crippen molar-refractivity contribution >= 4 is 17.9 Å². The third-order valence-corrected chi connectivity index (χ3v) is 7.11. The summed E-state index contributed by atoms with van der Waals surface area (Å²) in [4.78, 5) is 39.3. The van der Waals surface area contributed by atoms with E-state index in [2.05, 4.69) is 0 Å². The first-order valence-electron chi connectivity index (χ1n) is 9.64. The van der Waals surface area contributed by atoms with Gasteiger partial charge in [0, 0.05) is 38.4 Å². The lowest BCUT2D eigenvalue weighted by atomic mass is 9.50. The highest BCUT2D eigenvalue weighted by Crippen LogP contribution is 2.54. The summed E-state index contributed by atoms with van der Waals surface area (Å²) < 4.78 is 16.3. The quantitative estimate of drug-likeness (QED) is 0.415. The maximum atomic E-state index is 13.7. The van der Waals surface area contributed by atoms with E-state index < -0.39 is 22.9 Å². The van der Waals surface area contributed by atoms with E-state index in [4.69, 9.17) is 14.2 Å². The van der Waals surface area contributed by atoms with Crippen LogP contribution < -0.4 is 0 Å². The lowest BCUT2D eigenvalue weighted by molar-refractivity contribution is -0.170. The van der Waals surface area contributed by atoms with E-state index in [1.807, 2.05) is 26.0 Å². The highest BCUT2D eigenvalue weighted by atomic mass is 16.7. The van der Waals surface area contributed by atoms with Crippen LogP contribution in [-0.4, -0.2) is 51.1 Å². The molecule has 150 valence electrons. The van der Waals surface area contributed by atoms with Crippen molar-refractivity contribution in [3.05, 3.63) is 12.2 Å². The molecule has 2 fully saturated rings. The van der Waals surface area contributed by atoms with E-state index >= 15 is 0 Å². The molecule has 0 saturated heterocycles. The summed E-state index contributed by atoms with van der Waals surface area (Å²) >= 11 is 0. The van der Waals surface area contributed by atoms with Gasteiger partial charge in [0.05, 0.1) is 17.6 Å². The van der Waals surface area contributed by atoms with Gasteiger partial charge in [-0.05, 0) is 24.7 Å². The number of allylic oxidation sites excluding steroid dienone is 1. The number of aldehydes is 1. The van der Waals surface area contributed by atoms with Crippen molar-refractivity contribution in [2.24, 2.45) is 28.6 Å². The number of methoxy groups -OCH3 is 2. The first-order chi connectivity index (χ1) is 12.8. The van der Waals surface area contributed by atoms with Gasteiger partial charge in [0.15, 0.2) is 0 Å². The molecule has 0 aromatic heterocycles. The maximum absolute atomic E-state index is 13.7. The first kappa shape index (κ1) is 20.4. The molecule has 0 heterocycles. The number of hydrogen-bond donors (Lipinski definition) is 0. The standard InChI is InChI=1S/C21H30O6/c1-20(2)15-8-13(27-12-25-3)9-16(20)19(24)14-6-5-7-18(26-4)21(14,11-22)10-17(15)23/h5,7,11,13-16,18H,6,8-10,12H2,1-4H3/t13-,14+,15+,16-,18-,21+/m1/s1. The van der Waals surface area contributed by atoms with Crippen molar-refractivity contribution in [2.45, 2.75) is 51.7 Å². The zero-order chi connectivity index (χ0) is 19.8. The van der Waals surface area contributed by atoms with Crippen LogP contribution in [0.15, 0.2) is 12.2 Å². The minimum atomic E-state index is -1.11. The van der Waals surface area contributed by atoms with E-state index in [0.29, 0.717) is 19.3 Å². The molecule has 3 rings (SSSR count). The molecule has 6 heteroatoms. The molecule has 0 aliphatic heterocycles. The molecule has 0 amide bonds. The molecule has 3 aliphatic rings. The molecule has 0 aromatic rings. The van der Waals surface area contributed by atoms with Gasteiger partial charge in [-0.1, -0.05) is 26.0 Å². The number of carbonyl (C=O) groups excluding carboxylic acids is 3. The van der Waals surface area contributed by atoms with Crippen molar-refractivity contribution in [1.82, 2.24) is 0 Å². The number of hydrogen-bond acceptors (Lipinski definition) is 6. The minimum absolute atomic E-state index is 0.0256. The van der Waals surface area contributed by atoms with Gasteiger partial charge in [-0.15, -0.1) is 0 Å². The summed E-state index contributed by atoms with van der Waals surface area (Å²) in [6.07, 6.45) is 5.37. The Kier molecular flexibility index (Phi) is 5.71. The number of fused-ring (bicyclic) bond motifs is 3. The molecule has 3 aliphatic carbocycles. The number of carbonyl (C=O) groups is 3. The van der Waals surface area contributed by atoms with Crippen LogP contribution in [0.25, 0.3) is 0 Å². The first-order valence-corrected chi connectivity index (χ1v) is 9.64. The van der Waals surface area contributed by atoms with Gasteiger partial charge in [0.1, 0.15) is 24.6 Å². The molecule has 2 saturated carbocycles. The number of rotatable bonds is 5. The van der Waals surface area contributed by atoms with Gasteiger partial charge >= 0.3 is 0 Å². The molecule has 0 spiro atoms. The van der Waals surface area contributed by atoms with Gasteiger partial charge in [0.2, 0.25) is 0 Å². The third kappa shape index (κ3) is 3.22. The van der Waals surface area contributed by atoms with Gasteiger partial charge in [-0.2, -0.15) is 0 Å². The van der Waals surface area contributed by atoms with Crippen LogP contribution in [0.4, 0.5) is 0 Å². The van der Waals surface area contributed by atoms with Crippen molar-refractivity contribution in [3.8, 4) is 0 Å². The van der Waals surface area contributed by atoms with E-state index in [-0.39, 0.29) is 42.7 Å². The molecule has 0 aromatic carbocycles. The summed E-state index contributed by atoms with van der Waals surface area (Å²) in [5.41, 5.74) is -1.56. The van der Waals surface area contributed by atoms with Crippen molar-refractivity contribution in [2.75, 3.05) is 21.0 Å². The molecular formula is C21H30O6. The molecule has 27 heavy (non-hydrogen) atoms. The highest BCUT2D eigenvalue weighted by molar-refractivity contribution is 5.95. The number of ketones is 2. The Morgan fingerprint density at radius 2 is 1.85 bits per heavy atom. The van der Waals surface area contributed by atoms with Crippen LogP contribution in [0.1, 0.15) is 39.5 Å². The second-order valence-electron chi connectivity index (χ2n) is 8.74. The Morgan fingerprint density at radius 1 is 1.15 bits per heavy atom. The van der Waals surface area contributed by atoms with Crippen LogP contribution in [0, 0.1) is 28.6 Å². The Labute approximate surface area is 160 Å². The van der Waals surface area contributed by atoms with E-state index in [1.165, 1.54) is 7.11 Å². The predicted molar refractivity (Wildman–Crippen MR) is 97.9 cm³/mol. The van der Waals surface area contributed by atoms with Gasteiger partial charge in [0.25, 0.3) is 0 Å². The summed E-state index contributed by atoms with van der Waals surface area (Å²) in [5.74, 6) is -1.13. The van der Waals surface area contributed by atoms with E-state index in [1.54, 1.807) is 7.11 Å². The normalized spacial score (nSPS) is 40.8. The summed E-state index contributed by atoms with van der Waals surface area (Å²) in [6, 6.07) is 0. The van der Waals surface area contributed by atoms with Gasteiger partial charge < -0.3 is 19.0 Å². The molecule has 0 radical (unpaired) electrons. The number of Topliss-reactive ketones (excluding diaryl/α,β-unsaturated/α-hetero) is 2. The van der Waals surface area contributed by atoms with Crippen LogP contribution in [0.5, 0.6) is 0 Å². The second kappa shape index (κ2) is 7.57. The smallest absolute Gasteiger partial charge is 0.146 e. The predicted octanol–water partition coefficient (Wildman–Crippen LogP) is 2.35. The van der Waals surface area contributed by atoms with Crippen molar-refractivity contribution < 1.29 is 28.6 Å². The zero-order valence-electron chi connectivity index (χ0n) is 16.6. The van der Waals surface area contributed by atoms with E-state index in [9.17, 15) is 14.4 Å². The fraction of sp³-hybridized carbons (Fsp3) is 0.762. The summed E-state index contributed by atoms with van der Waals surface area (Å²) in [5, 5.41) is 0. The Bertz CT molecular complexity index is 639. The fourth-order valence-corrected chi connectivity index (χ4v) is 5.50. The maximum Gasteiger partial charge on any atom is 0.146 e. The molecule has 6 atom stereocenters. The SMILES string of the molecule is COCO[C@H]1C[C@@H]2C(=O)[C@@H]3CC=C[C@@H](OC)[C@]3(C=O)CC(=O)[C@H](C1)C2(C)C. The van der Waals surface area contributed by atoms with Crippen molar-refractivity contribution in [1.29, 1.82) is 0 Å². The summed E-state index contributed by atoms with van der Waals surface area (Å²) in [7, 11) is 3.08. The Hall–Kier alpha value is -1.37. The van der Waals surface area contributed by atoms with Gasteiger partial charge in [-0.25, -0.2) is 0 Å². The topological polar surface area (TPSA) is 78.9 Å². The van der Waals surface area contributed by atoms with Crippen LogP contribution in [0.3, 0.4) is 0 Å². The summed E-state index contributed by atoms with van der Waals surface area (Å²) in [6.45, 7) is 4.15. The minimum Gasteiger partial charge on any atom is -0.376 e. The molecule has 0 N–H and O–H groups in total. The van der Waals surface area contributed by atoms with Gasteiger partial charge in [-0.3, -0.25) is 9.59 Å². The highest BCUT2D eigenvalue weighted by Gasteiger charge is 2.60. The van der Waals surface area contributed by atoms with Crippen LogP contribution in [0.2, 0.25) is 0 Å². The third-order valence-electron chi connectivity index (χ3n) is 7.11. The zero-order valence-corrected chi connectivity index (χ0v) is 16.6. The lowest BCUT2D eigenvalue weighted by Crippen LogP contribution is -2.59. The Morgan fingerprint density at radius 3 is 2.48 bits per heavy atom. The lowest BCUT2D eigenvalue weighted by Gasteiger charge is -2.53. The van der Waals surface area contributed by atoms with Crippen LogP contribution >= 0.6 is 0 Å². The largest absolute Gasteiger partial charge is 0.376 e. The van der Waals surface area contributed by atoms with Crippen LogP contribution in [-0.2, 0) is 28.6 Å². The Balaban J connectivity index is 2.04. The number of ether oxygens (including phenoxy) is 3. The molecule has 0 unspecified atom stereocenters. The second-order valence-corrected chi connectivity index (χ2v) is 8.74. The monoisotopic (exact) mass is 378 g/mol. The molecular weight excluding hydrogens is 348 g/mol. The molecule has 6 nitrogen and oxygen atoms in total. The fourth-order valence-electron chi connectivity index (χ4n) is 5.50. The average molecular weight is 378 g/mol. The van der Waals surface area contributed by atoms with Crippen molar-refractivity contribution in [3.63, 3.8) is 0 Å². The molecule has 2 bridgehead atoms. The van der Waals surface area contributed by atoms with E-state index in [0.717, 1.165) is 6.29 Å². The average Bonchev–Trinajstić information content (AvgIpc) is 2.65.